The molecule has 0 saturated carbocycles. The van der Waals surface area contributed by atoms with Crippen LogP contribution in [0.25, 0.3) is 21.9 Å². The maximum atomic E-state index is 7.83. The number of hydrogen-bond acceptors (Lipinski definition) is 1. The predicted octanol–water partition coefficient (Wildman–Crippen LogP) is 5.00. The molecule has 0 unspecified atom stereocenters. The summed E-state index contributed by atoms with van der Waals surface area (Å²) in [4.78, 5) is 0. The molecule has 0 aliphatic rings. The van der Waals surface area contributed by atoms with E-state index in [-0.39, 0.29) is 6.04 Å². The molecule has 0 spiro atoms. The number of halogens is 2. The standard InChI is InChI=1S/C12H6BrClO/c13-9-5-7(14)6-11-12(9)8-3-1-2-4-10(8)15-11/h1-6H/i1D,5D. The highest BCUT2D eigenvalue weighted by atomic mass is 79.9. The van der Waals surface area contributed by atoms with Crippen LogP contribution in [0, 0.1) is 0 Å². The van der Waals surface area contributed by atoms with E-state index in [9.17, 15) is 0 Å². The highest BCUT2D eigenvalue weighted by molar-refractivity contribution is 9.10. The first-order chi connectivity index (χ1) is 8.08. The Kier molecular flexibility index (Phi) is 1.59. The van der Waals surface area contributed by atoms with Gasteiger partial charge >= 0.3 is 0 Å². The zero-order valence-corrected chi connectivity index (χ0v) is 9.82. The molecule has 3 aromatic rings. The van der Waals surface area contributed by atoms with Crippen molar-refractivity contribution in [3.05, 3.63) is 45.8 Å². The maximum Gasteiger partial charge on any atom is 0.138 e. The van der Waals surface area contributed by atoms with E-state index < -0.39 is 0 Å². The van der Waals surface area contributed by atoms with Gasteiger partial charge in [-0.05, 0) is 28.0 Å². The van der Waals surface area contributed by atoms with Crippen molar-refractivity contribution >= 4 is 49.5 Å². The number of rotatable bonds is 0. The number of benzene rings is 2. The van der Waals surface area contributed by atoms with Crippen LogP contribution >= 0.6 is 27.5 Å². The van der Waals surface area contributed by atoms with Crippen LogP contribution in [0.4, 0.5) is 0 Å². The van der Waals surface area contributed by atoms with Gasteiger partial charge in [-0.3, -0.25) is 0 Å². The van der Waals surface area contributed by atoms with Gasteiger partial charge in [0, 0.05) is 26.3 Å². The lowest BCUT2D eigenvalue weighted by atomic mass is 10.1. The minimum Gasteiger partial charge on any atom is -0.456 e. The lowest BCUT2D eigenvalue weighted by Crippen LogP contribution is -1.70. The number of fused-ring (bicyclic) bond motifs is 3. The fourth-order valence-corrected chi connectivity index (χ4v) is 2.58. The highest BCUT2D eigenvalue weighted by Crippen LogP contribution is 2.35. The van der Waals surface area contributed by atoms with Gasteiger partial charge in [-0.15, -0.1) is 0 Å². The van der Waals surface area contributed by atoms with E-state index in [1.165, 1.54) is 0 Å². The Morgan fingerprint density at radius 3 is 3.07 bits per heavy atom. The highest BCUT2D eigenvalue weighted by Gasteiger charge is 2.09. The van der Waals surface area contributed by atoms with E-state index in [0.717, 1.165) is 10.8 Å². The maximum absolute atomic E-state index is 7.83. The van der Waals surface area contributed by atoms with E-state index in [1.807, 2.05) is 0 Å². The second-order valence-electron chi connectivity index (χ2n) is 3.19. The average molecular weight is 284 g/mol. The lowest BCUT2D eigenvalue weighted by Gasteiger charge is -1.94. The molecule has 1 nitrogen and oxygen atoms in total. The van der Waals surface area contributed by atoms with Crippen LogP contribution in [0.2, 0.25) is 5.02 Å². The van der Waals surface area contributed by atoms with Crippen molar-refractivity contribution in [2.45, 2.75) is 0 Å². The largest absolute Gasteiger partial charge is 0.456 e. The van der Waals surface area contributed by atoms with Crippen molar-refractivity contribution in [2.75, 3.05) is 0 Å². The summed E-state index contributed by atoms with van der Waals surface area (Å²) in [7, 11) is 0. The van der Waals surface area contributed by atoms with Crippen LogP contribution in [0.15, 0.2) is 45.2 Å². The van der Waals surface area contributed by atoms with Crippen LogP contribution in [0.3, 0.4) is 0 Å². The van der Waals surface area contributed by atoms with Gasteiger partial charge in [-0.25, -0.2) is 0 Å². The van der Waals surface area contributed by atoms with Crippen LogP contribution < -0.4 is 0 Å². The molecule has 1 heterocycles. The van der Waals surface area contributed by atoms with Gasteiger partial charge in [0.15, 0.2) is 0 Å². The van der Waals surface area contributed by atoms with E-state index in [0.29, 0.717) is 26.7 Å². The summed E-state index contributed by atoms with van der Waals surface area (Å²) in [6, 6.07) is 7.42. The second kappa shape index (κ2) is 3.26. The summed E-state index contributed by atoms with van der Waals surface area (Å²) in [6.45, 7) is 0. The molecule has 0 amide bonds. The zero-order valence-electron chi connectivity index (χ0n) is 9.47. The van der Waals surface area contributed by atoms with E-state index >= 15 is 0 Å². The van der Waals surface area contributed by atoms with Crippen LogP contribution in [-0.2, 0) is 0 Å². The minimum atomic E-state index is 0.234. The molecule has 1 aromatic heterocycles. The van der Waals surface area contributed by atoms with E-state index in [2.05, 4.69) is 15.9 Å². The first-order valence-corrected chi connectivity index (χ1v) is 5.52. The van der Waals surface area contributed by atoms with E-state index in [1.54, 1.807) is 24.3 Å². The summed E-state index contributed by atoms with van der Waals surface area (Å²) in [5.74, 6) is 0. The molecular formula is C12H6BrClO. The second-order valence-corrected chi connectivity index (χ2v) is 4.40. The van der Waals surface area contributed by atoms with Gasteiger partial charge in [-0.1, -0.05) is 29.8 Å². The monoisotopic (exact) mass is 282 g/mol. The van der Waals surface area contributed by atoms with Gasteiger partial charge in [-0.2, -0.15) is 0 Å². The van der Waals surface area contributed by atoms with Crippen LogP contribution in [0.1, 0.15) is 2.74 Å². The smallest absolute Gasteiger partial charge is 0.138 e. The zero-order chi connectivity index (χ0) is 12.2. The minimum absolute atomic E-state index is 0.234. The molecule has 3 heteroatoms. The number of para-hydroxylation sites is 1. The normalized spacial score (nSPS) is 13.2. The Morgan fingerprint density at radius 2 is 2.20 bits per heavy atom. The van der Waals surface area contributed by atoms with Gasteiger partial charge < -0.3 is 4.42 Å². The quantitative estimate of drug-likeness (QED) is 0.566. The summed E-state index contributed by atoms with van der Waals surface area (Å²) in [5, 5.41) is 1.96. The molecule has 0 fully saturated rings. The van der Waals surface area contributed by atoms with Gasteiger partial charge in [0.1, 0.15) is 11.2 Å². The lowest BCUT2D eigenvalue weighted by molar-refractivity contribution is 0.669. The van der Waals surface area contributed by atoms with Crippen LogP contribution in [0.5, 0.6) is 0 Å². The Balaban J connectivity index is 2.59. The molecule has 3 rings (SSSR count). The predicted molar refractivity (Wildman–Crippen MR) is 66.4 cm³/mol. The Hall–Kier alpha value is -0.990. The van der Waals surface area contributed by atoms with Crippen molar-refractivity contribution in [1.29, 1.82) is 0 Å². The van der Waals surface area contributed by atoms with E-state index in [4.69, 9.17) is 18.8 Å². The molecule has 15 heavy (non-hydrogen) atoms. The number of furan rings is 1. The average Bonchev–Trinajstić information content (AvgIpc) is 2.63. The fraction of sp³-hybridized carbons (Fsp3) is 0. The molecule has 2 aromatic carbocycles. The Bertz CT molecular complexity index is 751. The van der Waals surface area contributed by atoms with Gasteiger partial charge in [0.05, 0.1) is 2.74 Å². The third-order valence-corrected chi connectivity index (χ3v) is 3.06. The molecule has 0 aliphatic heterocycles. The van der Waals surface area contributed by atoms with Crippen molar-refractivity contribution in [3.8, 4) is 0 Å². The molecule has 0 N–H and O–H groups in total. The molecule has 0 atom stereocenters. The van der Waals surface area contributed by atoms with Crippen molar-refractivity contribution in [3.63, 3.8) is 0 Å². The Labute approximate surface area is 103 Å². The summed E-state index contributed by atoms with van der Waals surface area (Å²) < 4.78 is 21.7. The molecule has 0 bridgehead atoms. The molecule has 0 saturated heterocycles. The third kappa shape index (κ3) is 1.36. The summed E-state index contributed by atoms with van der Waals surface area (Å²) in [5.41, 5.74) is 1.32. The van der Waals surface area contributed by atoms with Crippen LogP contribution in [-0.4, -0.2) is 0 Å². The fourth-order valence-electron chi connectivity index (χ4n) is 1.65. The van der Waals surface area contributed by atoms with Crippen molar-refractivity contribution in [2.24, 2.45) is 0 Å². The topological polar surface area (TPSA) is 13.1 Å². The van der Waals surface area contributed by atoms with Gasteiger partial charge in [0.25, 0.3) is 0 Å². The summed E-state index contributed by atoms with van der Waals surface area (Å²) in [6.07, 6.45) is 0. The summed E-state index contributed by atoms with van der Waals surface area (Å²) >= 11 is 9.30. The van der Waals surface area contributed by atoms with Crippen molar-refractivity contribution in [1.82, 2.24) is 0 Å². The molecule has 74 valence electrons. The first-order valence-electron chi connectivity index (χ1n) is 5.35. The molecule has 0 aliphatic carbocycles. The van der Waals surface area contributed by atoms with Gasteiger partial charge in [0.2, 0.25) is 0 Å². The third-order valence-electron chi connectivity index (χ3n) is 2.27. The van der Waals surface area contributed by atoms with Crippen molar-refractivity contribution < 1.29 is 7.16 Å². The Morgan fingerprint density at radius 1 is 1.33 bits per heavy atom. The number of hydrogen-bond donors (Lipinski definition) is 0. The SMILES string of the molecule is [2H]c1ccc2oc3cc(Cl)c([2H])c(Br)c3c2c1. The molecular weight excluding hydrogens is 275 g/mol. The first kappa shape index (κ1) is 7.31. The molecule has 0 radical (unpaired) electrons.